The Kier molecular flexibility index (Phi) is 5.40. The molecule has 2 aromatic carbocycles. The minimum absolute atomic E-state index is 0.191. The fourth-order valence-corrected chi connectivity index (χ4v) is 3.17. The molecule has 0 saturated heterocycles. The predicted molar refractivity (Wildman–Crippen MR) is 97.5 cm³/mol. The van der Waals surface area contributed by atoms with Crippen LogP contribution in [0.5, 0.6) is 5.75 Å². The SMILES string of the molecule is COc1ccccc1-c1csc(NC(=O)CCc2ccccc2F)n1. The monoisotopic (exact) mass is 356 g/mol. The van der Waals surface area contributed by atoms with Crippen LogP contribution in [0.15, 0.2) is 53.9 Å². The van der Waals surface area contributed by atoms with Gasteiger partial charge in [0.1, 0.15) is 11.6 Å². The van der Waals surface area contributed by atoms with Gasteiger partial charge in [-0.05, 0) is 30.2 Å². The lowest BCUT2D eigenvalue weighted by molar-refractivity contribution is -0.116. The Balaban J connectivity index is 1.63. The van der Waals surface area contributed by atoms with Gasteiger partial charge in [0.15, 0.2) is 5.13 Å². The lowest BCUT2D eigenvalue weighted by Crippen LogP contribution is -2.12. The Hall–Kier alpha value is -2.73. The summed E-state index contributed by atoms with van der Waals surface area (Å²) in [6.07, 6.45) is 0.549. The second kappa shape index (κ2) is 7.90. The van der Waals surface area contributed by atoms with Crippen LogP contribution < -0.4 is 10.1 Å². The van der Waals surface area contributed by atoms with Crippen molar-refractivity contribution in [1.29, 1.82) is 0 Å². The number of nitrogens with zero attached hydrogens (tertiary/aromatic N) is 1. The first-order valence-electron chi connectivity index (χ1n) is 7.79. The lowest BCUT2D eigenvalue weighted by atomic mass is 10.1. The van der Waals surface area contributed by atoms with Gasteiger partial charge in [-0.2, -0.15) is 0 Å². The number of rotatable bonds is 6. The van der Waals surface area contributed by atoms with Crippen molar-refractivity contribution in [2.45, 2.75) is 12.8 Å². The number of benzene rings is 2. The van der Waals surface area contributed by atoms with Gasteiger partial charge in [0.25, 0.3) is 0 Å². The first kappa shape index (κ1) is 17.1. The van der Waals surface area contributed by atoms with Gasteiger partial charge in [0.05, 0.1) is 12.8 Å². The van der Waals surface area contributed by atoms with E-state index in [2.05, 4.69) is 10.3 Å². The molecule has 3 aromatic rings. The molecule has 1 N–H and O–H groups in total. The standard InChI is InChI=1S/C19H17FN2O2S/c1-24-17-9-5-3-7-14(17)16-12-25-19(21-16)22-18(23)11-10-13-6-2-4-8-15(13)20/h2-9,12H,10-11H2,1H3,(H,21,22,23). The fraction of sp³-hybridized carbons (Fsp3) is 0.158. The van der Waals surface area contributed by atoms with Gasteiger partial charge in [-0.25, -0.2) is 9.37 Å². The molecule has 0 unspecified atom stereocenters. The Labute approximate surface area is 149 Å². The molecule has 128 valence electrons. The molecular formula is C19H17FN2O2S. The highest BCUT2D eigenvalue weighted by molar-refractivity contribution is 7.14. The molecule has 1 aromatic heterocycles. The third kappa shape index (κ3) is 4.22. The van der Waals surface area contributed by atoms with E-state index in [0.29, 0.717) is 17.1 Å². The average Bonchev–Trinajstić information content (AvgIpc) is 3.09. The molecule has 6 heteroatoms. The molecule has 0 bridgehead atoms. The Morgan fingerprint density at radius 1 is 1.20 bits per heavy atom. The van der Waals surface area contributed by atoms with E-state index in [1.54, 1.807) is 25.3 Å². The van der Waals surface area contributed by atoms with Gasteiger partial charge in [0, 0.05) is 17.4 Å². The highest BCUT2D eigenvalue weighted by Gasteiger charge is 2.12. The van der Waals surface area contributed by atoms with Crippen molar-refractivity contribution >= 4 is 22.4 Å². The topological polar surface area (TPSA) is 51.2 Å². The largest absolute Gasteiger partial charge is 0.496 e. The van der Waals surface area contributed by atoms with Gasteiger partial charge in [-0.1, -0.05) is 30.3 Å². The number of aryl methyl sites for hydroxylation is 1. The molecule has 0 aliphatic rings. The van der Waals surface area contributed by atoms with Gasteiger partial charge < -0.3 is 10.1 Å². The maximum absolute atomic E-state index is 13.6. The van der Waals surface area contributed by atoms with Crippen LogP contribution in [0.2, 0.25) is 0 Å². The minimum atomic E-state index is -0.289. The molecule has 0 aliphatic carbocycles. The van der Waals surface area contributed by atoms with Crippen LogP contribution in [-0.2, 0) is 11.2 Å². The molecule has 4 nitrogen and oxygen atoms in total. The number of thiazole rings is 1. The van der Waals surface area contributed by atoms with Crippen molar-refractivity contribution in [2.75, 3.05) is 12.4 Å². The number of nitrogens with one attached hydrogen (secondary N) is 1. The third-order valence-electron chi connectivity index (χ3n) is 3.71. The number of hydrogen-bond donors (Lipinski definition) is 1. The van der Waals surface area contributed by atoms with E-state index in [1.165, 1.54) is 17.4 Å². The Morgan fingerprint density at radius 2 is 1.96 bits per heavy atom. The lowest BCUT2D eigenvalue weighted by Gasteiger charge is -2.05. The molecule has 0 fully saturated rings. The number of carbonyl (C=O) groups excluding carboxylic acids is 1. The summed E-state index contributed by atoms with van der Waals surface area (Å²) >= 11 is 1.34. The predicted octanol–water partition coefficient (Wildman–Crippen LogP) is 4.53. The number of amides is 1. The summed E-state index contributed by atoms with van der Waals surface area (Å²) in [5.74, 6) is 0.248. The van der Waals surface area contributed by atoms with E-state index >= 15 is 0 Å². The molecular weight excluding hydrogens is 339 g/mol. The normalized spacial score (nSPS) is 10.5. The van der Waals surface area contributed by atoms with Crippen molar-refractivity contribution in [1.82, 2.24) is 4.98 Å². The first-order chi connectivity index (χ1) is 12.2. The zero-order chi connectivity index (χ0) is 17.6. The second-order valence-corrected chi connectivity index (χ2v) is 6.24. The van der Waals surface area contributed by atoms with Crippen LogP contribution in [-0.4, -0.2) is 18.0 Å². The molecule has 0 saturated carbocycles. The van der Waals surface area contributed by atoms with Gasteiger partial charge in [-0.3, -0.25) is 4.79 Å². The number of methoxy groups -OCH3 is 1. The summed E-state index contributed by atoms with van der Waals surface area (Å²) in [6.45, 7) is 0. The number of ether oxygens (including phenoxy) is 1. The van der Waals surface area contributed by atoms with E-state index in [1.807, 2.05) is 29.6 Å². The first-order valence-corrected chi connectivity index (χ1v) is 8.67. The molecule has 0 atom stereocenters. The van der Waals surface area contributed by atoms with Crippen molar-refractivity contribution in [3.63, 3.8) is 0 Å². The number of aromatic nitrogens is 1. The number of hydrogen-bond acceptors (Lipinski definition) is 4. The summed E-state index contributed by atoms with van der Waals surface area (Å²) < 4.78 is 18.9. The highest BCUT2D eigenvalue weighted by atomic mass is 32.1. The van der Waals surface area contributed by atoms with E-state index in [0.717, 1.165) is 17.0 Å². The van der Waals surface area contributed by atoms with Crippen molar-refractivity contribution < 1.29 is 13.9 Å². The zero-order valence-electron chi connectivity index (χ0n) is 13.7. The van der Waals surface area contributed by atoms with E-state index in [9.17, 15) is 9.18 Å². The number of halogens is 1. The maximum atomic E-state index is 13.6. The third-order valence-corrected chi connectivity index (χ3v) is 4.47. The van der Waals surface area contributed by atoms with Crippen molar-refractivity contribution in [3.05, 3.63) is 65.3 Å². The minimum Gasteiger partial charge on any atom is -0.496 e. The summed E-state index contributed by atoms with van der Waals surface area (Å²) in [7, 11) is 1.61. The van der Waals surface area contributed by atoms with E-state index in [-0.39, 0.29) is 18.1 Å². The number of para-hydroxylation sites is 1. The van der Waals surface area contributed by atoms with Crippen LogP contribution in [0.4, 0.5) is 9.52 Å². The Bertz CT molecular complexity index is 879. The second-order valence-electron chi connectivity index (χ2n) is 5.38. The maximum Gasteiger partial charge on any atom is 0.226 e. The molecule has 0 spiro atoms. The molecule has 0 radical (unpaired) electrons. The van der Waals surface area contributed by atoms with Crippen LogP contribution in [0, 0.1) is 5.82 Å². The van der Waals surface area contributed by atoms with Crippen LogP contribution >= 0.6 is 11.3 Å². The van der Waals surface area contributed by atoms with Crippen LogP contribution in [0.3, 0.4) is 0 Å². The smallest absolute Gasteiger partial charge is 0.226 e. The summed E-state index contributed by atoms with van der Waals surface area (Å²) in [4.78, 5) is 16.5. The zero-order valence-corrected chi connectivity index (χ0v) is 14.5. The quantitative estimate of drug-likeness (QED) is 0.706. The van der Waals surface area contributed by atoms with Crippen LogP contribution in [0.1, 0.15) is 12.0 Å². The summed E-state index contributed by atoms with van der Waals surface area (Å²) in [5.41, 5.74) is 2.14. The van der Waals surface area contributed by atoms with Crippen LogP contribution in [0.25, 0.3) is 11.3 Å². The summed E-state index contributed by atoms with van der Waals surface area (Å²) in [6, 6.07) is 14.0. The van der Waals surface area contributed by atoms with Gasteiger partial charge >= 0.3 is 0 Å². The van der Waals surface area contributed by atoms with Crippen molar-refractivity contribution in [2.24, 2.45) is 0 Å². The Morgan fingerprint density at radius 3 is 2.76 bits per heavy atom. The van der Waals surface area contributed by atoms with E-state index in [4.69, 9.17) is 4.74 Å². The molecule has 25 heavy (non-hydrogen) atoms. The number of carbonyl (C=O) groups is 1. The average molecular weight is 356 g/mol. The molecule has 3 rings (SSSR count). The van der Waals surface area contributed by atoms with Gasteiger partial charge in [0.2, 0.25) is 5.91 Å². The fourth-order valence-electron chi connectivity index (χ4n) is 2.44. The van der Waals surface area contributed by atoms with Crippen molar-refractivity contribution in [3.8, 4) is 17.0 Å². The van der Waals surface area contributed by atoms with E-state index < -0.39 is 0 Å². The number of anilines is 1. The molecule has 1 amide bonds. The van der Waals surface area contributed by atoms with Gasteiger partial charge in [-0.15, -0.1) is 11.3 Å². The highest BCUT2D eigenvalue weighted by Crippen LogP contribution is 2.31. The molecule has 0 aliphatic heterocycles. The summed E-state index contributed by atoms with van der Waals surface area (Å²) in [5, 5.41) is 5.14. The molecule has 1 heterocycles.